The van der Waals surface area contributed by atoms with E-state index in [1.807, 2.05) is 0 Å². The average molecular weight is 402 g/mol. The molecule has 3 aromatic rings. The molecule has 3 rings (SSSR count). The molecule has 0 bridgehead atoms. The molecule has 0 fully saturated rings. The van der Waals surface area contributed by atoms with Gasteiger partial charge in [-0.3, -0.25) is 9.78 Å². The predicted octanol–water partition coefficient (Wildman–Crippen LogP) is 3.77. The van der Waals surface area contributed by atoms with Gasteiger partial charge in [-0.2, -0.15) is 13.2 Å². The predicted molar refractivity (Wildman–Crippen MR) is 100 cm³/mol. The Kier molecular flexibility index (Phi) is 5.81. The third kappa shape index (κ3) is 4.71. The number of nitrogens with zero attached hydrogens (tertiary/aromatic N) is 1. The van der Waals surface area contributed by atoms with Crippen LogP contribution in [0, 0.1) is 0 Å². The number of esters is 1. The lowest BCUT2D eigenvalue weighted by Gasteiger charge is -2.18. The number of alkyl halides is 3. The van der Waals surface area contributed by atoms with Crippen molar-refractivity contribution in [1.82, 2.24) is 10.3 Å². The molecule has 8 heteroatoms. The number of nitrogens with one attached hydrogen (secondary N) is 1. The summed E-state index contributed by atoms with van der Waals surface area (Å²) in [5.74, 6) is -1.31. The third-order valence-corrected chi connectivity index (χ3v) is 4.38. The van der Waals surface area contributed by atoms with Crippen molar-refractivity contribution in [2.45, 2.75) is 18.6 Å². The number of hydrogen-bond acceptors (Lipinski definition) is 4. The summed E-state index contributed by atoms with van der Waals surface area (Å²) in [7, 11) is 1.15. The number of hydrogen-bond donors (Lipinski definition) is 1. The first-order valence-electron chi connectivity index (χ1n) is 8.68. The van der Waals surface area contributed by atoms with Gasteiger partial charge in [0.25, 0.3) is 5.91 Å². The van der Waals surface area contributed by atoms with Crippen molar-refractivity contribution < 1.29 is 27.5 Å². The third-order valence-electron chi connectivity index (χ3n) is 4.38. The molecule has 1 heterocycles. The Morgan fingerprint density at radius 2 is 1.86 bits per heavy atom. The number of ether oxygens (including phenoxy) is 1. The molecule has 0 radical (unpaired) electrons. The summed E-state index contributed by atoms with van der Waals surface area (Å²) < 4.78 is 43.5. The fourth-order valence-corrected chi connectivity index (χ4v) is 2.98. The molecule has 1 atom stereocenters. The van der Waals surface area contributed by atoms with Gasteiger partial charge >= 0.3 is 12.1 Å². The van der Waals surface area contributed by atoms with E-state index in [0.717, 1.165) is 19.2 Å². The number of rotatable bonds is 5. The monoisotopic (exact) mass is 402 g/mol. The van der Waals surface area contributed by atoms with E-state index in [0.29, 0.717) is 16.5 Å². The first kappa shape index (κ1) is 20.3. The van der Waals surface area contributed by atoms with Crippen molar-refractivity contribution in [2.75, 3.05) is 7.11 Å². The summed E-state index contributed by atoms with van der Waals surface area (Å²) in [6.07, 6.45) is -3.18. The highest BCUT2D eigenvalue weighted by atomic mass is 19.4. The number of carbonyl (C=O) groups excluding carboxylic acids is 2. The number of para-hydroxylation sites is 1. The standard InChI is InChI=1S/C21H17F3N2O3/c1-29-20(28)18(12-13-5-4-6-14(11-13)21(22,23)24)26-19(27)16-9-10-25-17-8-3-2-7-15(16)17/h2-11,18H,12H2,1H3,(H,26,27)/t18-/m1/s1. The zero-order valence-corrected chi connectivity index (χ0v) is 15.4. The first-order chi connectivity index (χ1) is 13.8. The van der Waals surface area contributed by atoms with Gasteiger partial charge in [0.2, 0.25) is 0 Å². The average Bonchev–Trinajstić information content (AvgIpc) is 2.71. The smallest absolute Gasteiger partial charge is 0.416 e. The topological polar surface area (TPSA) is 68.3 Å². The number of halogens is 3. The summed E-state index contributed by atoms with van der Waals surface area (Å²) >= 11 is 0. The Morgan fingerprint density at radius 3 is 2.59 bits per heavy atom. The number of amides is 1. The molecule has 1 aromatic heterocycles. The highest BCUT2D eigenvalue weighted by Gasteiger charge is 2.31. The van der Waals surface area contributed by atoms with Gasteiger partial charge in [0.05, 0.1) is 23.8 Å². The molecule has 0 saturated carbocycles. The molecule has 29 heavy (non-hydrogen) atoms. The lowest BCUT2D eigenvalue weighted by Crippen LogP contribution is -2.43. The molecule has 5 nitrogen and oxygen atoms in total. The van der Waals surface area contributed by atoms with E-state index in [9.17, 15) is 22.8 Å². The molecular weight excluding hydrogens is 385 g/mol. The van der Waals surface area contributed by atoms with Crippen LogP contribution in [-0.2, 0) is 22.1 Å². The van der Waals surface area contributed by atoms with Crippen molar-refractivity contribution in [3.05, 3.63) is 77.5 Å². The fourth-order valence-electron chi connectivity index (χ4n) is 2.98. The maximum Gasteiger partial charge on any atom is 0.416 e. The Hall–Kier alpha value is -3.42. The van der Waals surface area contributed by atoms with Crippen molar-refractivity contribution in [3.8, 4) is 0 Å². The number of benzene rings is 2. The molecule has 0 aliphatic rings. The number of methoxy groups -OCH3 is 1. The summed E-state index contributed by atoms with van der Waals surface area (Å²) in [4.78, 5) is 29.1. The summed E-state index contributed by atoms with van der Waals surface area (Å²) in [5, 5.41) is 3.15. The van der Waals surface area contributed by atoms with Crippen LogP contribution in [0.25, 0.3) is 10.9 Å². The van der Waals surface area contributed by atoms with Crippen molar-refractivity contribution >= 4 is 22.8 Å². The Labute approximate surface area is 164 Å². The van der Waals surface area contributed by atoms with Gasteiger partial charge in [-0.05, 0) is 23.8 Å². The van der Waals surface area contributed by atoms with Gasteiger partial charge in [-0.15, -0.1) is 0 Å². The molecule has 1 amide bonds. The second kappa shape index (κ2) is 8.30. The molecule has 0 aliphatic heterocycles. The first-order valence-corrected chi connectivity index (χ1v) is 8.68. The van der Waals surface area contributed by atoms with Crippen molar-refractivity contribution in [3.63, 3.8) is 0 Å². The maximum atomic E-state index is 12.9. The summed E-state index contributed by atoms with van der Waals surface area (Å²) in [5.41, 5.74) is 0.321. The molecular formula is C21H17F3N2O3. The van der Waals surface area contributed by atoms with E-state index in [1.54, 1.807) is 24.3 Å². The largest absolute Gasteiger partial charge is 0.467 e. The zero-order valence-electron chi connectivity index (χ0n) is 15.4. The van der Waals surface area contributed by atoms with E-state index >= 15 is 0 Å². The lowest BCUT2D eigenvalue weighted by molar-refractivity contribution is -0.142. The van der Waals surface area contributed by atoms with E-state index in [2.05, 4.69) is 10.3 Å². The van der Waals surface area contributed by atoms with Crippen LogP contribution in [0.2, 0.25) is 0 Å². The van der Waals surface area contributed by atoms with Gasteiger partial charge in [-0.25, -0.2) is 4.79 Å². The van der Waals surface area contributed by atoms with Crippen LogP contribution in [0.15, 0.2) is 60.8 Å². The van der Waals surface area contributed by atoms with Gasteiger partial charge in [0, 0.05) is 18.0 Å². The highest BCUT2D eigenvalue weighted by molar-refractivity contribution is 6.07. The Balaban J connectivity index is 1.86. The summed E-state index contributed by atoms with van der Waals surface area (Å²) in [6, 6.07) is 12.0. The second-order valence-corrected chi connectivity index (χ2v) is 6.33. The molecule has 0 spiro atoms. The van der Waals surface area contributed by atoms with E-state index < -0.39 is 29.7 Å². The normalized spacial score (nSPS) is 12.4. The fraction of sp³-hybridized carbons (Fsp3) is 0.190. The Bertz CT molecular complexity index is 1050. The molecule has 150 valence electrons. The Morgan fingerprint density at radius 1 is 1.10 bits per heavy atom. The highest BCUT2D eigenvalue weighted by Crippen LogP contribution is 2.29. The van der Waals surface area contributed by atoms with Crippen LogP contribution in [0.5, 0.6) is 0 Å². The van der Waals surface area contributed by atoms with E-state index in [4.69, 9.17) is 4.74 Å². The lowest BCUT2D eigenvalue weighted by atomic mass is 10.0. The van der Waals surface area contributed by atoms with E-state index in [1.165, 1.54) is 24.4 Å². The minimum absolute atomic E-state index is 0.147. The van der Waals surface area contributed by atoms with Crippen LogP contribution >= 0.6 is 0 Å². The molecule has 0 saturated heterocycles. The summed E-state index contributed by atoms with van der Waals surface area (Å²) in [6.45, 7) is 0. The van der Waals surface area contributed by atoms with Gasteiger partial charge in [-0.1, -0.05) is 36.4 Å². The van der Waals surface area contributed by atoms with Crippen LogP contribution in [-0.4, -0.2) is 30.0 Å². The number of pyridine rings is 1. The van der Waals surface area contributed by atoms with Gasteiger partial charge in [0.15, 0.2) is 0 Å². The quantitative estimate of drug-likeness (QED) is 0.660. The van der Waals surface area contributed by atoms with Crippen LogP contribution in [0.4, 0.5) is 13.2 Å². The minimum Gasteiger partial charge on any atom is -0.467 e. The number of fused-ring (bicyclic) bond motifs is 1. The molecule has 0 unspecified atom stereocenters. The molecule has 0 aliphatic carbocycles. The van der Waals surface area contributed by atoms with Crippen molar-refractivity contribution in [1.29, 1.82) is 0 Å². The van der Waals surface area contributed by atoms with Crippen LogP contribution in [0.3, 0.4) is 0 Å². The van der Waals surface area contributed by atoms with Crippen LogP contribution < -0.4 is 5.32 Å². The zero-order chi connectivity index (χ0) is 21.0. The van der Waals surface area contributed by atoms with Gasteiger partial charge < -0.3 is 10.1 Å². The SMILES string of the molecule is COC(=O)[C@@H](Cc1cccc(C(F)(F)F)c1)NC(=O)c1ccnc2ccccc12. The minimum atomic E-state index is -4.50. The van der Waals surface area contributed by atoms with Crippen molar-refractivity contribution in [2.24, 2.45) is 0 Å². The van der Waals surface area contributed by atoms with E-state index in [-0.39, 0.29) is 12.0 Å². The molecule has 2 aromatic carbocycles. The second-order valence-electron chi connectivity index (χ2n) is 6.33. The number of carbonyl (C=O) groups is 2. The maximum absolute atomic E-state index is 12.9. The van der Waals surface area contributed by atoms with Crippen LogP contribution in [0.1, 0.15) is 21.5 Å². The number of aromatic nitrogens is 1. The molecule has 1 N–H and O–H groups in total. The van der Waals surface area contributed by atoms with Gasteiger partial charge in [0.1, 0.15) is 6.04 Å².